The molecule has 0 amide bonds. The molecule has 6 fully saturated rings. The fourth-order valence-electron chi connectivity index (χ4n) is 11.1. The zero-order valence-electron chi connectivity index (χ0n) is 31.0. The van der Waals surface area contributed by atoms with Gasteiger partial charge in [0.1, 0.15) is 35.0 Å². The minimum absolute atomic E-state index is 0.0106. The van der Waals surface area contributed by atoms with Gasteiger partial charge in [0.15, 0.2) is 5.82 Å². The molecule has 11 rings (SSSR count). The van der Waals surface area contributed by atoms with Crippen molar-refractivity contribution in [3.05, 3.63) is 47.7 Å². The second-order valence-electron chi connectivity index (χ2n) is 17.3. The predicted molar refractivity (Wildman–Crippen MR) is 202 cm³/mol. The maximum Gasteiger partial charge on any atom is 0.319 e. The molecule has 0 radical (unpaired) electrons. The number of ether oxygens (including phenoxy) is 2. The average molecular weight is 768 g/mol. The van der Waals surface area contributed by atoms with E-state index in [1.807, 2.05) is 0 Å². The molecular formula is C42H41F4N7O3. The van der Waals surface area contributed by atoms with Crippen molar-refractivity contribution in [2.45, 2.75) is 62.1 Å². The summed E-state index contributed by atoms with van der Waals surface area (Å²) in [5, 5.41) is 17.4. The summed E-state index contributed by atoms with van der Waals surface area (Å²) < 4.78 is 76.1. The van der Waals surface area contributed by atoms with Crippen LogP contribution < -0.4 is 9.64 Å². The maximum atomic E-state index is 17.9. The van der Waals surface area contributed by atoms with Gasteiger partial charge < -0.3 is 19.5 Å². The van der Waals surface area contributed by atoms with Crippen LogP contribution in [-0.4, -0.2) is 111 Å². The number of nitrogens with zero attached hydrogens (tertiary/aromatic N) is 7. The Labute approximate surface area is 320 Å². The summed E-state index contributed by atoms with van der Waals surface area (Å²) in [5.74, 6) is -0.739. The molecule has 1 spiro atoms. The number of benzene rings is 3. The fourth-order valence-corrected chi connectivity index (χ4v) is 11.1. The Kier molecular flexibility index (Phi) is 7.34. The van der Waals surface area contributed by atoms with Crippen molar-refractivity contribution in [3.8, 4) is 35.2 Å². The Morgan fingerprint density at radius 1 is 1.05 bits per heavy atom. The smallest absolute Gasteiger partial charge is 0.319 e. The molecule has 5 aliphatic heterocycles. The van der Waals surface area contributed by atoms with E-state index in [1.54, 1.807) is 17.9 Å². The number of halogens is 4. The quantitative estimate of drug-likeness (QED) is 0.153. The number of aromatic nitrogens is 4. The standard InChI is InChI=1S/C42H41F4N7O3/c1-3-28-31(43)8-5-24-11-27(54)12-29(32(24)28)33-35(44)37-34(30-16-50(2)49-36(30)33)38(53-25-6-7-26(53)15-51(14-25)13-23-17-55-18-23)48-39(47-37)56-22-41-9-4-10-52(41)21-40(19-41)20-42(40,45)46/h1,5,8,11-12,16,23,25-26,54H,4,6-7,9-10,13-15,17-22H2,2H3/t25-,26+,40-,41-/m0/s1. The van der Waals surface area contributed by atoms with E-state index in [9.17, 15) is 13.9 Å². The van der Waals surface area contributed by atoms with E-state index in [4.69, 9.17) is 31.0 Å². The van der Waals surface area contributed by atoms with Crippen LogP contribution in [0.25, 0.3) is 43.7 Å². The maximum absolute atomic E-state index is 17.9. The molecule has 290 valence electrons. The first-order chi connectivity index (χ1) is 27.0. The number of phenols is 1. The number of aromatic hydroxyl groups is 1. The largest absolute Gasteiger partial charge is 0.508 e. The summed E-state index contributed by atoms with van der Waals surface area (Å²) in [6.45, 7) is 5.30. The van der Waals surface area contributed by atoms with E-state index in [-0.39, 0.29) is 70.0 Å². The number of aryl methyl sites for hydroxylation is 1. The molecule has 6 aliphatic rings. The molecule has 4 atom stereocenters. The normalized spacial score (nSPS) is 28.5. The summed E-state index contributed by atoms with van der Waals surface area (Å²) in [6.07, 6.45) is 11.3. The molecule has 5 aromatic rings. The van der Waals surface area contributed by atoms with Crippen molar-refractivity contribution in [1.29, 1.82) is 0 Å². The Morgan fingerprint density at radius 3 is 2.55 bits per heavy atom. The summed E-state index contributed by atoms with van der Waals surface area (Å²) in [4.78, 5) is 16.9. The molecule has 3 aromatic carbocycles. The van der Waals surface area contributed by atoms with Crippen LogP contribution in [0.2, 0.25) is 0 Å². The first kappa shape index (κ1) is 34.5. The summed E-state index contributed by atoms with van der Waals surface area (Å²) in [7, 11) is 1.75. The van der Waals surface area contributed by atoms with E-state index in [1.165, 1.54) is 24.3 Å². The Balaban J connectivity index is 1.10. The van der Waals surface area contributed by atoms with Crippen LogP contribution in [0.5, 0.6) is 11.8 Å². The van der Waals surface area contributed by atoms with Gasteiger partial charge in [0.25, 0.3) is 5.92 Å². The number of phenolic OH excluding ortho intramolecular Hbond substituents is 1. The second-order valence-corrected chi connectivity index (χ2v) is 17.3. The minimum atomic E-state index is -2.68. The topological polar surface area (TPSA) is 92.0 Å². The van der Waals surface area contributed by atoms with Gasteiger partial charge in [0, 0.05) is 80.2 Å². The number of likely N-dealkylation sites (tertiary alicyclic amines) is 1. The van der Waals surface area contributed by atoms with Crippen molar-refractivity contribution >= 4 is 38.4 Å². The van der Waals surface area contributed by atoms with E-state index in [0.717, 1.165) is 65.1 Å². The minimum Gasteiger partial charge on any atom is -0.508 e. The Hall–Kier alpha value is -4.71. The highest BCUT2D eigenvalue weighted by atomic mass is 19.3. The summed E-state index contributed by atoms with van der Waals surface area (Å²) >= 11 is 0. The number of rotatable bonds is 7. The number of hydrogen-bond acceptors (Lipinski definition) is 9. The van der Waals surface area contributed by atoms with E-state index in [0.29, 0.717) is 40.9 Å². The van der Waals surface area contributed by atoms with Crippen molar-refractivity contribution in [1.82, 2.24) is 29.5 Å². The first-order valence-electron chi connectivity index (χ1n) is 19.6. The molecular weight excluding hydrogens is 726 g/mol. The highest BCUT2D eigenvalue weighted by molar-refractivity contribution is 6.18. The van der Waals surface area contributed by atoms with Gasteiger partial charge in [-0.2, -0.15) is 15.1 Å². The predicted octanol–water partition coefficient (Wildman–Crippen LogP) is 6.24. The Morgan fingerprint density at radius 2 is 1.84 bits per heavy atom. The number of alkyl halides is 2. The third kappa shape index (κ3) is 4.96. The number of terminal acetylenes is 1. The van der Waals surface area contributed by atoms with E-state index in [2.05, 4.69) is 20.6 Å². The molecule has 1 saturated carbocycles. The molecule has 56 heavy (non-hydrogen) atoms. The van der Waals surface area contributed by atoms with Gasteiger partial charge in [-0.15, -0.1) is 6.42 Å². The molecule has 2 bridgehead atoms. The SMILES string of the molecule is C#Cc1c(F)ccc2cc(O)cc(-c3c(F)c4nc(OC[C@@]56CCCN5C[C@@]5(CC5(F)F)C6)nc(N5[C@@H]6CC[C@H]5CN(CC5COC5)C6)c4c4cn(C)nc34)c12. The van der Waals surface area contributed by atoms with Gasteiger partial charge in [-0.05, 0) is 67.8 Å². The second kappa shape index (κ2) is 11.9. The van der Waals surface area contributed by atoms with Crippen molar-refractivity contribution in [2.24, 2.45) is 18.4 Å². The van der Waals surface area contributed by atoms with Gasteiger partial charge in [-0.25, -0.2) is 17.6 Å². The number of piperazine rings is 1. The van der Waals surface area contributed by atoms with Crippen molar-refractivity contribution < 1.29 is 32.1 Å². The Bertz CT molecular complexity index is 2520. The number of anilines is 1. The highest BCUT2D eigenvalue weighted by Crippen LogP contribution is 2.69. The number of hydrogen-bond donors (Lipinski definition) is 1. The van der Waals surface area contributed by atoms with Gasteiger partial charge in [0.2, 0.25) is 0 Å². The van der Waals surface area contributed by atoms with Gasteiger partial charge in [-0.3, -0.25) is 14.5 Å². The van der Waals surface area contributed by atoms with Gasteiger partial charge in [-0.1, -0.05) is 12.0 Å². The van der Waals surface area contributed by atoms with Crippen LogP contribution in [0.1, 0.15) is 44.1 Å². The van der Waals surface area contributed by atoms with Crippen molar-refractivity contribution in [2.75, 3.05) is 57.4 Å². The lowest BCUT2D eigenvalue weighted by molar-refractivity contribution is -0.0484. The molecule has 14 heteroatoms. The molecule has 5 saturated heterocycles. The van der Waals surface area contributed by atoms with Crippen LogP contribution in [0.4, 0.5) is 23.4 Å². The van der Waals surface area contributed by atoms with Crippen LogP contribution in [-0.2, 0) is 11.8 Å². The molecule has 0 unspecified atom stereocenters. The molecule has 10 nitrogen and oxygen atoms in total. The zero-order valence-corrected chi connectivity index (χ0v) is 31.0. The van der Waals surface area contributed by atoms with E-state index >= 15 is 8.78 Å². The molecule has 7 heterocycles. The van der Waals surface area contributed by atoms with Crippen LogP contribution in [0, 0.1) is 35.3 Å². The zero-order chi connectivity index (χ0) is 38.3. The fraction of sp³-hybridized carbons (Fsp3) is 0.500. The first-order valence-corrected chi connectivity index (χ1v) is 19.6. The molecule has 2 aromatic heterocycles. The lowest BCUT2D eigenvalue weighted by Gasteiger charge is -2.44. The van der Waals surface area contributed by atoms with Crippen LogP contribution in [0.3, 0.4) is 0 Å². The summed E-state index contributed by atoms with van der Waals surface area (Å²) in [5.41, 5.74) is -1.21. The lowest BCUT2D eigenvalue weighted by Crippen LogP contribution is -2.56. The monoisotopic (exact) mass is 767 g/mol. The molecule has 1 N–H and O–H groups in total. The average Bonchev–Trinajstić information content (AvgIpc) is 3.61. The van der Waals surface area contributed by atoms with Crippen molar-refractivity contribution in [3.63, 3.8) is 0 Å². The summed E-state index contributed by atoms with van der Waals surface area (Å²) in [6, 6.07) is 5.74. The van der Waals surface area contributed by atoms with E-state index < -0.39 is 28.5 Å². The van der Waals surface area contributed by atoms with Crippen LogP contribution in [0.15, 0.2) is 30.5 Å². The highest BCUT2D eigenvalue weighted by Gasteiger charge is 2.77. The lowest BCUT2D eigenvalue weighted by atomic mass is 9.89. The third-order valence-electron chi connectivity index (χ3n) is 13.7. The molecule has 1 aliphatic carbocycles. The van der Waals surface area contributed by atoms with Gasteiger partial charge >= 0.3 is 6.01 Å². The van der Waals surface area contributed by atoms with Crippen LogP contribution >= 0.6 is 0 Å². The van der Waals surface area contributed by atoms with Gasteiger partial charge in [0.05, 0.1) is 35.1 Å². The number of fused-ring (bicyclic) bond motifs is 7. The third-order valence-corrected chi connectivity index (χ3v) is 13.7.